The maximum atomic E-state index is 13.2. The number of hydrogen-bond acceptors (Lipinski definition) is 5. The average molecular weight is 346 g/mol. The predicted octanol–water partition coefficient (Wildman–Crippen LogP) is 2.70. The number of alkyl halides is 1. The van der Waals surface area contributed by atoms with E-state index in [1.165, 1.54) is 7.11 Å². The summed E-state index contributed by atoms with van der Waals surface area (Å²) in [6.45, 7) is 0.629. The van der Waals surface area contributed by atoms with Crippen molar-refractivity contribution in [3.63, 3.8) is 0 Å². The van der Waals surface area contributed by atoms with Gasteiger partial charge in [-0.25, -0.2) is 9.18 Å². The zero-order chi connectivity index (χ0) is 17.4. The van der Waals surface area contributed by atoms with Crippen molar-refractivity contribution in [2.24, 2.45) is 0 Å². The Morgan fingerprint density at radius 2 is 2.24 bits per heavy atom. The molecule has 1 fully saturated rings. The topological polar surface area (TPSA) is 62.6 Å². The Morgan fingerprint density at radius 3 is 2.96 bits per heavy atom. The lowest BCUT2D eigenvalue weighted by Gasteiger charge is -2.41. The van der Waals surface area contributed by atoms with Gasteiger partial charge in [-0.05, 0) is 12.1 Å². The number of methoxy groups -OCH3 is 1. The maximum absolute atomic E-state index is 13.2. The van der Waals surface area contributed by atoms with Gasteiger partial charge in [0.25, 0.3) is 0 Å². The number of carbonyl (C=O) groups excluding carboxylic acids is 1. The first kappa shape index (κ1) is 16.1. The molecule has 2 aromatic heterocycles. The fourth-order valence-electron chi connectivity index (χ4n) is 3.77. The van der Waals surface area contributed by atoms with Gasteiger partial charge in [0.2, 0.25) is 0 Å². The highest BCUT2D eigenvalue weighted by atomic mass is 19.1. The van der Waals surface area contributed by atoms with E-state index in [0.717, 1.165) is 16.8 Å². The van der Waals surface area contributed by atoms with Crippen LogP contribution in [-0.4, -0.2) is 42.5 Å². The van der Waals surface area contributed by atoms with Crippen LogP contribution in [0.3, 0.4) is 0 Å². The molecule has 25 heavy (non-hydrogen) atoms. The number of pyridine rings is 1. The van der Waals surface area contributed by atoms with Crippen LogP contribution in [0.5, 0.6) is 5.75 Å². The lowest BCUT2D eigenvalue weighted by molar-refractivity contribution is -0.0516. The van der Waals surface area contributed by atoms with Gasteiger partial charge in [0.15, 0.2) is 0 Å². The molecular weight excluding hydrogens is 327 g/mol. The van der Waals surface area contributed by atoms with Crippen LogP contribution in [0, 0.1) is 0 Å². The molecule has 0 saturated carbocycles. The molecule has 0 atom stereocenters. The minimum Gasteiger partial charge on any atom is -0.480 e. The molecule has 0 aliphatic carbocycles. The van der Waals surface area contributed by atoms with E-state index in [2.05, 4.69) is 4.98 Å². The monoisotopic (exact) mass is 346 g/mol. The van der Waals surface area contributed by atoms with Gasteiger partial charge in [-0.3, -0.25) is 4.98 Å². The average Bonchev–Trinajstić information content (AvgIpc) is 3.03. The van der Waals surface area contributed by atoms with E-state index in [-0.39, 0.29) is 6.54 Å². The van der Waals surface area contributed by atoms with Crippen LogP contribution in [0.2, 0.25) is 0 Å². The van der Waals surface area contributed by atoms with Gasteiger partial charge in [0.05, 0.1) is 38.8 Å². The molecule has 1 spiro atoms. The van der Waals surface area contributed by atoms with E-state index in [0.29, 0.717) is 37.5 Å². The number of aromatic nitrogens is 2. The van der Waals surface area contributed by atoms with Crippen LogP contribution in [0.4, 0.5) is 4.39 Å². The standard InChI is InChI=1S/C18H19FN2O4/c1-23-17(22)14-10-13-16(21(14)7-5-19)12-2-6-20-11-15(12)25-18(13)3-8-24-9-4-18/h2,6,10-11H,3-5,7-9H2,1H3. The molecule has 2 aromatic rings. The molecule has 6 nitrogen and oxygen atoms in total. The van der Waals surface area contributed by atoms with Crippen molar-refractivity contribution in [2.75, 3.05) is 27.0 Å². The summed E-state index contributed by atoms with van der Waals surface area (Å²) < 4.78 is 31.7. The van der Waals surface area contributed by atoms with Gasteiger partial charge in [-0.1, -0.05) is 0 Å². The lowest BCUT2D eigenvalue weighted by atomic mass is 9.82. The first-order valence-corrected chi connectivity index (χ1v) is 8.29. The Hall–Kier alpha value is -2.41. The summed E-state index contributed by atoms with van der Waals surface area (Å²) in [6, 6.07) is 3.61. The van der Waals surface area contributed by atoms with E-state index < -0.39 is 18.2 Å². The summed E-state index contributed by atoms with van der Waals surface area (Å²) in [7, 11) is 1.33. The predicted molar refractivity (Wildman–Crippen MR) is 87.3 cm³/mol. The lowest BCUT2D eigenvalue weighted by Crippen LogP contribution is -2.41. The zero-order valence-electron chi connectivity index (χ0n) is 14.0. The SMILES string of the molecule is COC(=O)c1cc2c(n1CCF)-c1ccncc1OC21CCOCC1. The Kier molecular flexibility index (Phi) is 3.95. The normalized spacial score (nSPS) is 17.5. The molecule has 2 aliphatic rings. The Bertz CT molecular complexity index is 811. The van der Waals surface area contributed by atoms with Crippen molar-refractivity contribution in [3.8, 4) is 17.0 Å². The number of halogens is 1. The van der Waals surface area contributed by atoms with Gasteiger partial charge >= 0.3 is 5.97 Å². The minimum atomic E-state index is -0.589. The van der Waals surface area contributed by atoms with Crippen molar-refractivity contribution in [1.29, 1.82) is 0 Å². The van der Waals surface area contributed by atoms with E-state index >= 15 is 0 Å². The molecule has 0 aromatic carbocycles. The summed E-state index contributed by atoms with van der Waals surface area (Å²) in [6.07, 6.45) is 4.65. The summed E-state index contributed by atoms with van der Waals surface area (Å²) in [5, 5.41) is 0. The molecule has 2 aliphatic heterocycles. The highest BCUT2D eigenvalue weighted by Crippen LogP contribution is 2.50. The number of fused-ring (bicyclic) bond motifs is 4. The van der Waals surface area contributed by atoms with Crippen LogP contribution < -0.4 is 4.74 Å². The number of hydrogen-bond donors (Lipinski definition) is 0. The molecule has 0 N–H and O–H groups in total. The van der Waals surface area contributed by atoms with E-state index in [1.54, 1.807) is 23.0 Å². The largest absolute Gasteiger partial charge is 0.480 e. The van der Waals surface area contributed by atoms with E-state index in [4.69, 9.17) is 14.2 Å². The summed E-state index contributed by atoms with van der Waals surface area (Å²) in [5.41, 5.74) is 2.26. The van der Waals surface area contributed by atoms with Gasteiger partial charge in [0, 0.05) is 30.2 Å². The molecule has 1 saturated heterocycles. The molecular formula is C18H19FN2O4. The minimum absolute atomic E-state index is 0.0775. The quantitative estimate of drug-likeness (QED) is 0.800. The van der Waals surface area contributed by atoms with Crippen LogP contribution in [0.1, 0.15) is 28.9 Å². The first-order valence-electron chi connectivity index (χ1n) is 8.29. The van der Waals surface area contributed by atoms with Crippen LogP contribution in [0.15, 0.2) is 24.5 Å². The van der Waals surface area contributed by atoms with Crippen molar-refractivity contribution in [2.45, 2.75) is 25.0 Å². The van der Waals surface area contributed by atoms with Crippen molar-refractivity contribution in [1.82, 2.24) is 9.55 Å². The molecule has 4 heterocycles. The van der Waals surface area contributed by atoms with Gasteiger partial charge in [0.1, 0.15) is 23.7 Å². The number of esters is 1. The third kappa shape index (κ3) is 2.41. The van der Waals surface area contributed by atoms with Gasteiger partial charge in [-0.2, -0.15) is 0 Å². The molecule has 132 valence electrons. The zero-order valence-corrected chi connectivity index (χ0v) is 14.0. The fourth-order valence-corrected chi connectivity index (χ4v) is 3.77. The molecule has 7 heteroatoms. The Balaban J connectivity index is 1.99. The third-order valence-electron chi connectivity index (χ3n) is 4.94. The molecule has 0 bridgehead atoms. The van der Waals surface area contributed by atoms with Crippen LogP contribution in [0.25, 0.3) is 11.3 Å². The highest BCUT2D eigenvalue weighted by Gasteiger charge is 2.45. The van der Waals surface area contributed by atoms with Crippen LogP contribution >= 0.6 is 0 Å². The van der Waals surface area contributed by atoms with Crippen molar-refractivity contribution >= 4 is 5.97 Å². The molecule has 4 rings (SSSR count). The summed E-state index contributed by atoms with van der Waals surface area (Å²) in [4.78, 5) is 16.4. The molecule has 0 radical (unpaired) electrons. The summed E-state index contributed by atoms with van der Waals surface area (Å²) in [5.74, 6) is 0.159. The van der Waals surface area contributed by atoms with Gasteiger partial charge < -0.3 is 18.8 Å². The van der Waals surface area contributed by atoms with Gasteiger partial charge in [-0.15, -0.1) is 0 Å². The summed E-state index contributed by atoms with van der Waals surface area (Å²) >= 11 is 0. The Labute approximate surface area is 144 Å². The third-order valence-corrected chi connectivity index (χ3v) is 4.94. The van der Waals surface area contributed by atoms with E-state index in [1.807, 2.05) is 6.07 Å². The van der Waals surface area contributed by atoms with Crippen LogP contribution in [-0.2, 0) is 21.6 Å². The smallest absolute Gasteiger partial charge is 0.354 e. The second-order valence-corrected chi connectivity index (χ2v) is 6.20. The van der Waals surface area contributed by atoms with Crippen molar-refractivity contribution in [3.05, 3.63) is 35.8 Å². The second kappa shape index (κ2) is 6.15. The maximum Gasteiger partial charge on any atom is 0.354 e. The molecule has 0 unspecified atom stereocenters. The number of nitrogens with zero attached hydrogens (tertiary/aromatic N) is 2. The number of rotatable bonds is 3. The molecule has 0 amide bonds. The highest BCUT2D eigenvalue weighted by molar-refractivity contribution is 5.91. The first-order chi connectivity index (χ1) is 12.2. The Morgan fingerprint density at radius 1 is 1.44 bits per heavy atom. The van der Waals surface area contributed by atoms with E-state index in [9.17, 15) is 9.18 Å². The number of carbonyl (C=O) groups is 1. The number of ether oxygens (including phenoxy) is 3. The van der Waals surface area contributed by atoms with Crippen molar-refractivity contribution < 1.29 is 23.4 Å². The second-order valence-electron chi connectivity index (χ2n) is 6.20. The fraction of sp³-hybridized carbons (Fsp3) is 0.444.